The number of benzene rings is 1. The molecule has 3 nitrogen and oxygen atoms in total. The van der Waals surface area contributed by atoms with Crippen molar-refractivity contribution in [3.63, 3.8) is 0 Å². The summed E-state index contributed by atoms with van der Waals surface area (Å²) in [5, 5.41) is 5.12. The average Bonchev–Trinajstić information content (AvgIpc) is 2.37. The van der Waals surface area contributed by atoms with Crippen LogP contribution >= 0.6 is 15.9 Å². The number of amides is 2. The molecule has 0 bridgehead atoms. The third-order valence-electron chi connectivity index (χ3n) is 3.20. The van der Waals surface area contributed by atoms with E-state index >= 15 is 0 Å². The average molecular weight is 333 g/mol. The van der Waals surface area contributed by atoms with E-state index in [0.717, 1.165) is 37.8 Å². The van der Waals surface area contributed by atoms with Crippen molar-refractivity contribution in [3.8, 4) is 0 Å². The number of halogens is 3. The molecule has 1 aromatic rings. The van der Waals surface area contributed by atoms with Crippen molar-refractivity contribution in [3.05, 3.63) is 28.2 Å². The molecule has 6 heteroatoms. The van der Waals surface area contributed by atoms with Crippen molar-refractivity contribution in [2.75, 3.05) is 5.32 Å². The van der Waals surface area contributed by atoms with Gasteiger partial charge >= 0.3 is 6.03 Å². The van der Waals surface area contributed by atoms with E-state index in [1.165, 1.54) is 6.42 Å². The van der Waals surface area contributed by atoms with Crippen molar-refractivity contribution in [1.29, 1.82) is 0 Å². The van der Waals surface area contributed by atoms with Crippen molar-refractivity contribution >= 4 is 27.6 Å². The topological polar surface area (TPSA) is 41.1 Å². The second-order valence-electron chi connectivity index (χ2n) is 4.68. The lowest BCUT2D eigenvalue weighted by molar-refractivity contribution is 0.244. The highest BCUT2D eigenvalue weighted by Gasteiger charge is 2.17. The number of hydrogen-bond donors (Lipinski definition) is 2. The predicted octanol–water partition coefficient (Wildman–Crippen LogP) is 4.18. The highest BCUT2D eigenvalue weighted by molar-refractivity contribution is 9.10. The molecule has 0 saturated heterocycles. The van der Waals surface area contributed by atoms with Crippen LogP contribution in [-0.2, 0) is 0 Å². The number of urea groups is 1. The summed E-state index contributed by atoms with van der Waals surface area (Å²) in [6, 6.07) is 1.58. The van der Waals surface area contributed by atoms with E-state index in [0.29, 0.717) is 0 Å². The molecule has 0 radical (unpaired) electrons. The summed E-state index contributed by atoms with van der Waals surface area (Å²) in [6.07, 6.45) is 5.24. The fourth-order valence-corrected chi connectivity index (χ4v) is 2.52. The molecule has 2 amide bonds. The lowest BCUT2D eigenvalue weighted by atomic mass is 9.96. The van der Waals surface area contributed by atoms with Gasteiger partial charge in [-0.1, -0.05) is 19.3 Å². The number of hydrogen-bond acceptors (Lipinski definition) is 1. The third kappa shape index (κ3) is 3.89. The SMILES string of the molecule is O=C(Nc1cc(F)c(Br)cc1F)NC1CCCCC1. The number of rotatable bonds is 2. The molecule has 104 valence electrons. The molecule has 0 heterocycles. The number of carbonyl (C=O) groups is 1. The van der Waals surface area contributed by atoms with E-state index in [2.05, 4.69) is 26.6 Å². The summed E-state index contributed by atoms with van der Waals surface area (Å²) in [5.41, 5.74) is -0.158. The van der Waals surface area contributed by atoms with Crippen LogP contribution in [0.15, 0.2) is 16.6 Å². The van der Waals surface area contributed by atoms with E-state index in [1.54, 1.807) is 0 Å². The van der Waals surface area contributed by atoms with E-state index in [1.807, 2.05) is 0 Å². The largest absolute Gasteiger partial charge is 0.335 e. The lowest BCUT2D eigenvalue weighted by Crippen LogP contribution is -2.39. The van der Waals surface area contributed by atoms with Crippen LogP contribution in [0.3, 0.4) is 0 Å². The van der Waals surface area contributed by atoms with Crippen LogP contribution in [0.1, 0.15) is 32.1 Å². The Morgan fingerprint density at radius 1 is 1.16 bits per heavy atom. The summed E-state index contributed by atoms with van der Waals surface area (Å²) < 4.78 is 26.8. The maximum Gasteiger partial charge on any atom is 0.319 e. The van der Waals surface area contributed by atoms with Crippen LogP contribution in [0.5, 0.6) is 0 Å². The normalized spacial score (nSPS) is 16.2. The minimum Gasteiger partial charge on any atom is -0.335 e. The van der Waals surface area contributed by atoms with Gasteiger partial charge in [-0.2, -0.15) is 0 Å². The van der Waals surface area contributed by atoms with Gasteiger partial charge in [-0.3, -0.25) is 0 Å². The molecule has 0 aromatic heterocycles. The molecule has 1 aromatic carbocycles. The van der Waals surface area contributed by atoms with Gasteiger partial charge < -0.3 is 10.6 Å². The zero-order valence-corrected chi connectivity index (χ0v) is 11.9. The zero-order chi connectivity index (χ0) is 13.8. The van der Waals surface area contributed by atoms with Gasteiger partial charge in [0, 0.05) is 12.1 Å². The van der Waals surface area contributed by atoms with Crippen LogP contribution in [-0.4, -0.2) is 12.1 Å². The zero-order valence-electron chi connectivity index (χ0n) is 10.3. The van der Waals surface area contributed by atoms with Crippen molar-refractivity contribution < 1.29 is 13.6 Å². The summed E-state index contributed by atoms with van der Waals surface area (Å²) in [6.45, 7) is 0. The molecule has 1 saturated carbocycles. The Morgan fingerprint density at radius 3 is 2.53 bits per heavy atom. The summed E-state index contributed by atoms with van der Waals surface area (Å²) in [4.78, 5) is 11.7. The van der Waals surface area contributed by atoms with Gasteiger partial charge in [-0.15, -0.1) is 0 Å². The molecule has 0 atom stereocenters. The summed E-state index contributed by atoms with van der Waals surface area (Å²) >= 11 is 2.88. The monoisotopic (exact) mass is 332 g/mol. The molecule has 1 aliphatic rings. The van der Waals surface area contributed by atoms with Crippen LogP contribution in [0.25, 0.3) is 0 Å². The van der Waals surface area contributed by atoms with E-state index in [-0.39, 0.29) is 16.2 Å². The van der Waals surface area contributed by atoms with Crippen LogP contribution in [0.4, 0.5) is 19.3 Å². The molecule has 2 rings (SSSR count). The molecule has 0 unspecified atom stereocenters. The van der Waals surface area contributed by atoms with Gasteiger partial charge in [-0.25, -0.2) is 13.6 Å². The van der Waals surface area contributed by atoms with E-state index < -0.39 is 17.7 Å². The van der Waals surface area contributed by atoms with Crippen molar-refractivity contribution in [1.82, 2.24) is 5.32 Å². The third-order valence-corrected chi connectivity index (χ3v) is 3.81. The fourth-order valence-electron chi connectivity index (χ4n) is 2.21. The van der Waals surface area contributed by atoms with Crippen LogP contribution in [0.2, 0.25) is 0 Å². The highest BCUT2D eigenvalue weighted by atomic mass is 79.9. The van der Waals surface area contributed by atoms with Gasteiger partial charge in [0.1, 0.15) is 11.6 Å². The number of carbonyl (C=O) groups excluding carboxylic acids is 1. The summed E-state index contributed by atoms with van der Waals surface area (Å²) in [7, 11) is 0. The first kappa shape index (κ1) is 14.2. The van der Waals surface area contributed by atoms with Crippen molar-refractivity contribution in [2.45, 2.75) is 38.1 Å². The molecule has 0 aliphatic heterocycles. The second kappa shape index (κ2) is 6.32. The fraction of sp³-hybridized carbons (Fsp3) is 0.462. The van der Waals surface area contributed by atoms with Gasteiger partial charge in [0.15, 0.2) is 0 Å². The molecule has 2 N–H and O–H groups in total. The predicted molar refractivity (Wildman–Crippen MR) is 73.1 cm³/mol. The maximum absolute atomic E-state index is 13.5. The van der Waals surface area contributed by atoms with E-state index in [4.69, 9.17) is 0 Å². The minimum atomic E-state index is -0.674. The summed E-state index contributed by atoms with van der Waals surface area (Å²) in [5.74, 6) is -1.29. The molecule has 0 spiro atoms. The maximum atomic E-state index is 13.5. The Hall–Kier alpha value is -1.17. The Kier molecular flexibility index (Phi) is 4.74. The van der Waals surface area contributed by atoms with E-state index in [9.17, 15) is 13.6 Å². The molecular weight excluding hydrogens is 318 g/mol. The Labute approximate surface area is 118 Å². The second-order valence-corrected chi connectivity index (χ2v) is 5.53. The number of anilines is 1. The van der Waals surface area contributed by atoms with Gasteiger partial charge in [-0.05, 0) is 34.8 Å². The van der Waals surface area contributed by atoms with Crippen LogP contribution < -0.4 is 10.6 Å². The van der Waals surface area contributed by atoms with Gasteiger partial charge in [0.25, 0.3) is 0 Å². The number of nitrogens with one attached hydrogen (secondary N) is 2. The minimum absolute atomic E-state index is 0.0308. The first-order valence-electron chi connectivity index (χ1n) is 6.28. The van der Waals surface area contributed by atoms with Gasteiger partial charge in [0.2, 0.25) is 0 Å². The molecule has 1 fully saturated rings. The Balaban J connectivity index is 1.96. The molecule has 1 aliphatic carbocycles. The van der Waals surface area contributed by atoms with Gasteiger partial charge in [0.05, 0.1) is 10.2 Å². The lowest BCUT2D eigenvalue weighted by Gasteiger charge is -2.22. The molecular formula is C13H15BrF2N2O. The quantitative estimate of drug-likeness (QED) is 0.783. The molecule has 19 heavy (non-hydrogen) atoms. The van der Waals surface area contributed by atoms with Crippen molar-refractivity contribution in [2.24, 2.45) is 0 Å². The highest BCUT2D eigenvalue weighted by Crippen LogP contribution is 2.23. The standard InChI is InChI=1S/C13H15BrF2N2O/c14-9-6-11(16)12(7-10(9)15)18-13(19)17-8-4-2-1-3-5-8/h6-8H,1-5H2,(H2,17,18,19). The Bertz CT molecular complexity index is 476. The first-order chi connectivity index (χ1) is 9.06. The van der Waals surface area contributed by atoms with Crippen LogP contribution in [0, 0.1) is 11.6 Å². The smallest absolute Gasteiger partial charge is 0.319 e. The first-order valence-corrected chi connectivity index (χ1v) is 7.07. The Morgan fingerprint density at radius 2 is 1.84 bits per heavy atom.